The van der Waals surface area contributed by atoms with Crippen LogP contribution in [-0.4, -0.2) is 59.2 Å². The van der Waals surface area contributed by atoms with Gasteiger partial charge in [-0.25, -0.2) is 4.98 Å². The van der Waals surface area contributed by atoms with Crippen molar-refractivity contribution in [3.63, 3.8) is 0 Å². The van der Waals surface area contributed by atoms with Crippen LogP contribution in [0.2, 0.25) is 0 Å². The summed E-state index contributed by atoms with van der Waals surface area (Å²) in [5.74, 6) is -0.773. The van der Waals surface area contributed by atoms with E-state index in [0.29, 0.717) is 13.2 Å². The molecule has 7 nitrogen and oxygen atoms in total. The summed E-state index contributed by atoms with van der Waals surface area (Å²) >= 11 is 0. The highest BCUT2D eigenvalue weighted by molar-refractivity contribution is 5.94. The molecule has 1 aliphatic rings. The second kappa shape index (κ2) is 7.84. The highest BCUT2D eigenvalue weighted by atomic mass is 16.5. The standard InChI is InChI=1S/C15H21N3O4/c1-3-21-14(19)10-18(9-12-5-4-6-22-12)15(20)13-8-16-11(2)7-17-13/h7-8,12H,3-6,9-10H2,1-2H3. The predicted octanol–water partition coefficient (Wildman–Crippen LogP) is 0.969. The Balaban J connectivity index is 2.08. The maximum Gasteiger partial charge on any atom is 0.325 e. The number of hydrogen-bond acceptors (Lipinski definition) is 6. The van der Waals surface area contributed by atoms with Gasteiger partial charge in [-0.1, -0.05) is 0 Å². The summed E-state index contributed by atoms with van der Waals surface area (Å²) in [5.41, 5.74) is 0.945. The van der Waals surface area contributed by atoms with E-state index in [0.717, 1.165) is 18.5 Å². The van der Waals surface area contributed by atoms with Gasteiger partial charge in [-0.3, -0.25) is 14.6 Å². The van der Waals surface area contributed by atoms with E-state index in [9.17, 15) is 9.59 Å². The van der Waals surface area contributed by atoms with Crippen molar-refractivity contribution in [1.82, 2.24) is 14.9 Å². The minimum Gasteiger partial charge on any atom is -0.465 e. The lowest BCUT2D eigenvalue weighted by Crippen LogP contribution is -2.41. The van der Waals surface area contributed by atoms with E-state index in [1.54, 1.807) is 13.8 Å². The molecule has 7 heteroatoms. The van der Waals surface area contributed by atoms with Crippen molar-refractivity contribution >= 4 is 11.9 Å². The fraction of sp³-hybridized carbons (Fsp3) is 0.600. The third-order valence-electron chi connectivity index (χ3n) is 3.36. The first-order chi connectivity index (χ1) is 10.6. The van der Waals surface area contributed by atoms with Crippen molar-refractivity contribution < 1.29 is 19.1 Å². The molecule has 0 aliphatic carbocycles. The highest BCUT2D eigenvalue weighted by Gasteiger charge is 2.26. The zero-order valence-electron chi connectivity index (χ0n) is 12.9. The molecule has 1 amide bonds. The Morgan fingerprint density at radius 2 is 2.23 bits per heavy atom. The molecule has 0 radical (unpaired) electrons. The van der Waals surface area contributed by atoms with Gasteiger partial charge in [-0.05, 0) is 26.7 Å². The molecule has 1 unspecified atom stereocenters. The molecule has 1 aromatic heterocycles. The fourth-order valence-electron chi connectivity index (χ4n) is 2.28. The molecule has 0 saturated carbocycles. The van der Waals surface area contributed by atoms with Crippen LogP contribution in [0.15, 0.2) is 12.4 Å². The van der Waals surface area contributed by atoms with Crippen LogP contribution in [0.3, 0.4) is 0 Å². The van der Waals surface area contributed by atoms with E-state index < -0.39 is 5.97 Å². The molecule has 22 heavy (non-hydrogen) atoms. The summed E-state index contributed by atoms with van der Waals surface area (Å²) in [5, 5.41) is 0. The lowest BCUT2D eigenvalue weighted by atomic mass is 10.2. The molecule has 2 rings (SSSR count). The van der Waals surface area contributed by atoms with Gasteiger partial charge in [0.25, 0.3) is 5.91 Å². The highest BCUT2D eigenvalue weighted by Crippen LogP contribution is 2.14. The van der Waals surface area contributed by atoms with Crippen LogP contribution in [0.4, 0.5) is 0 Å². The summed E-state index contributed by atoms with van der Waals surface area (Å²) in [6.07, 6.45) is 4.76. The van der Waals surface area contributed by atoms with Gasteiger partial charge in [0.1, 0.15) is 12.2 Å². The molecule has 2 heterocycles. The zero-order valence-corrected chi connectivity index (χ0v) is 12.9. The summed E-state index contributed by atoms with van der Waals surface area (Å²) < 4.78 is 10.5. The Morgan fingerprint density at radius 3 is 2.82 bits per heavy atom. The van der Waals surface area contributed by atoms with Crippen molar-refractivity contribution in [1.29, 1.82) is 0 Å². The average Bonchev–Trinajstić information content (AvgIpc) is 3.00. The molecule has 1 aromatic rings. The Morgan fingerprint density at radius 1 is 1.41 bits per heavy atom. The minimum atomic E-state index is -0.436. The van der Waals surface area contributed by atoms with Crippen molar-refractivity contribution in [2.75, 3.05) is 26.3 Å². The molecule has 0 N–H and O–H groups in total. The first kappa shape index (κ1) is 16.4. The third-order valence-corrected chi connectivity index (χ3v) is 3.36. The van der Waals surface area contributed by atoms with Gasteiger partial charge in [0.05, 0.1) is 24.6 Å². The van der Waals surface area contributed by atoms with Gasteiger partial charge in [0.15, 0.2) is 0 Å². The third kappa shape index (κ3) is 4.49. The number of esters is 1. The van der Waals surface area contributed by atoms with Gasteiger partial charge in [-0.15, -0.1) is 0 Å². The number of amides is 1. The van der Waals surface area contributed by atoms with Gasteiger partial charge in [0.2, 0.25) is 0 Å². The monoisotopic (exact) mass is 307 g/mol. The molecule has 1 aliphatic heterocycles. The van der Waals surface area contributed by atoms with E-state index in [4.69, 9.17) is 9.47 Å². The lowest BCUT2D eigenvalue weighted by molar-refractivity contribution is -0.144. The maximum atomic E-state index is 12.5. The smallest absolute Gasteiger partial charge is 0.325 e. The molecule has 1 fully saturated rings. The van der Waals surface area contributed by atoms with Gasteiger partial charge < -0.3 is 14.4 Å². The van der Waals surface area contributed by atoms with Crippen molar-refractivity contribution in [2.24, 2.45) is 0 Å². The first-order valence-corrected chi connectivity index (χ1v) is 7.45. The number of carbonyl (C=O) groups is 2. The van der Waals surface area contributed by atoms with Crippen LogP contribution >= 0.6 is 0 Å². The Bertz CT molecular complexity index is 512. The predicted molar refractivity (Wildman–Crippen MR) is 78.3 cm³/mol. The zero-order chi connectivity index (χ0) is 15.9. The van der Waals surface area contributed by atoms with Crippen LogP contribution in [0.5, 0.6) is 0 Å². The largest absolute Gasteiger partial charge is 0.465 e. The fourth-order valence-corrected chi connectivity index (χ4v) is 2.28. The van der Waals surface area contributed by atoms with Crippen LogP contribution in [0.1, 0.15) is 35.9 Å². The number of rotatable bonds is 6. The Kier molecular flexibility index (Phi) is 5.83. The van der Waals surface area contributed by atoms with Gasteiger partial charge >= 0.3 is 5.97 Å². The topological polar surface area (TPSA) is 81.6 Å². The van der Waals surface area contributed by atoms with E-state index in [1.165, 1.54) is 17.3 Å². The van der Waals surface area contributed by atoms with Crippen LogP contribution < -0.4 is 0 Å². The molecular formula is C15H21N3O4. The second-order valence-electron chi connectivity index (χ2n) is 5.17. The van der Waals surface area contributed by atoms with E-state index >= 15 is 0 Å². The number of aryl methyl sites for hydroxylation is 1. The summed E-state index contributed by atoms with van der Waals surface area (Å²) in [4.78, 5) is 33.8. The molecule has 1 atom stereocenters. The van der Waals surface area contributed by atoms with Crippen LogP contribution in [-0.2, 0) is 14.3 Å². The van der Waals surface area contributed by atoms with Gasteiger partial charge in [-0.2, -0.15) is 0 Å². The average molecular weight is 307 g/mol. The minimum absolute atomic E-state index is 0.0446. The molecule has 1 saturated heterocycles. The number of nitrogens with zero attached hydrogens (tertiary/aromatic N) is 3. The summed E-state index contributed by atoms with van der Waals surface area (Å²) in [6.45, 7) is 4.75. The quantitative estimate of drug-likeness (QED) is 0.728. The number of hydrogen-bond donors (Lipinski definition) is 0. The molecule has 0 aromatic carbocycles. The number of ether oxygens (including phenoxy) is 2. The summed E-state index contributed by atoms with van der Waals surface area (Å²) in [6, 6.07) is 0. The summed E-state index contributed by atoms with van der Waals surface area (Å²) in [7, 11) is 0. The second-order valence-corrected chi connectivity index (χ2v) is 5.17. The van der Waals surface area contributed by atoms with E-state index in [1.807, 2.05) is 0 Å². The molecule has 0 bridgehead atoms. The van der Waals surface area contributed by atoms with E-state index in [2.05, 4.69) is 9.97 Å². The first-order valence-electron chi connectivity index (χ1n) is 7.45. The normalized spacial score (nSPS) is 17.3. The molecule has 0 spiro atoms. The van der Waals surface area contributed by atoms with Crippen molar-refractivity contribution in [2.45, 2.75) is 32.8 Å². The number of aromatic nitrogens is 2. The maximum absolute atomic E-state index is 12.5. The lowest BCUT2D eigenvalue weighted by Gasteiger charge is -2.24. The SMILES string of the molecule is CCOC(=O)CN(CC1CCCO1)C(=O)c1cnc(C)cn1. The van der Waals surface area contributed by atoms with E-state index in [-0.39, 0.29) is 30.9 Å². The van der Waals surface area contributed by atoms with Crippen LogP contribution in [0.25, 0.3) is 0 Å². The Hall–Kier alpha value is -2.02. The van der Waals surface area contributed by atoms with Gasteiger partial charge in [0, 0.05) is 19.3 Å². The van der Waals surface area contributed by atoms with Crippen molar-refractivity contribution in [3.8, 4) is 0 Å². The van der Waals surface area contributed by atoms with Crippen LogP contribution in [0, 0.1) is 6.92 Å². The molecular weight excluding hydrogens is 286 g/mol. The Labute approximate surface area is 129 Å². The molecule has 120 valence electrons. The number of carbonyl (C=O) groups excluding carboxylic acids is 2. The van der Waals surface area contributed by atoms with Crippen molar-refractivity contribution in [3.05, 3.63) is 23.8 Å².